The van der Waals surface area contributed by atoms with Gasteiger partial charge in [0.1, 0.15) is 5.75 Å². The number of nitrogens with two attached hydrogens (primary N) is 1. The second kappa shape index (κ2) is 3.09. The average molecular weight is 239 g/mol. The van der Waals surface area contributed by atoms with Crippen LogP contribution in [-0.2, 0) is 9.84 Å². The number of phenolic OH excluding ortho intramolecular Hbond substituents is 1. The van der Waals surface area contributed by atoms with Crippen LogP contribution in [0.2, 0.25) is 0 Å². The highest BCUT2D eigenvalue weighted by molar-refractivity contribution is 7.95. The standard InChI is InChI=1S/C11H13NO3S/c1-11(2,12)9-6-16(14,15)10-5-7(13)3-4-8(9)10/h3-6,13H,12H2,1-2H3. The van der Waals surface area contributed by atoms with Crippen molar-refractivity contribution in [1.82, 2.24) is 0 Å². The maximum Gasteiger partial charge on any atom is 0.200 e. The van der Waals surface area contributed by atoms with Crippen molar-refractivity contribution < 1.29 is 13.5 Å². The Morgan fingerprint density at radius 1 is 1.31 bits per heavy atom. The Balaban J connectivity index is 2.75. The number of phenols is 1. The summed E-state index contributed by atoms with van der Waals surface area (Å²) in [6, 6.07) is 4.29. The van der Waals surface area contributed by atoms with Crippen molar-refractivity contribution in [2.24, 2.45) is 5.73 Å². The van der Waals surface area contributed by atoms with Gasteiger partial charge in [0.05, 0.1) is 4.90 Å². The summed E-state index contributed by atoms with van der Waals surface area (Å²) in [7, 11) is -3.46. The molecule has 1 aromatic rings. The summed E-state index contributed by atoms with van der Waals surface area (Å²) >= 11 is 0. The van der Waals surface area contributed by atoms with Crippen LogP contribution in [0.4, 0.5) is 0 Å². The monoisotopic (exact) mass is 239 g/mol. The minimum Gasteiger partial charge on any atom is -0.508 e. The van der Waals surface area contributed by atoms with Gasteiger partial charge in [0.15, 0.2) is 0 Å². The summed E-state index contributed by atoms with van der Waals surface area (Å²) in [5.41, 5.74) is 6.34. The topological polar surface area (TPSA) is 80.4 Å². The van der Waals surface area contributed by atoms with Gasteiger partial charge in [0, 0.05) is 10.9 Å². The number of rotatable bonds is 1. The molecule has 0 bridgehead atoms. The average Bonchev–Trinajstić information content (AvgIpc) is 2.38. The van der Waals surface area contributed by atoms with Gasteiger partial charge in [0.2, 0.25) is 9.84 Å². The molecule has 5 heteroatoms. The van der Waals surface area contributed by atoms with E-state index in [0.717, 1.165) is 0 Å². The van der Waals surface area contributed by atoms with Crippen LogP contribution in [0.15, 0.2) is 28.5 Å². The van der Waals surface area contributed by atoms with E-state index in [4.69, 9.17) is 5.73 Å². The molecule has 4 nitrogen and oxygen atoms in total. The van der Waals surface area contributed by atoms with E-state index in [2.05, 4.69) is 0 Å². The van der Waals surface area contributed by atoms with Gasteiger partial charge in [-0.25, -0.2) is 8.42 Å². The zero-order valence-corrected chi connectivity index (χ0v) is 9.88. The van der Waals surface area contributed by atoms with Crippen LogP contribution in [0, 0.1) is 0 Å². The lowest BCUT2D eigenvalue weighted by molar-refractivity contribution is 0.473. The van der Waals surface area contributed by atoms with Crippen LogP contribution < -0.4 is 5.73 Å². The van der Waals surface area contributed by atoms with E-state index in [0.29, 0.717) is 11.1 Å². The molecule has 0 aliphatic carbocycles. The maximum absolute atomic E-state index is 11.8. The summed E-state index contributed by atoms with van der Waals surface area (Å²) in [6.45, 7) is 3.49. The Labute approximate surface area is 94.3 Å². The third-order valence-electron chi connectivity index (χ3n) is 2.53. The highest BCUT2D eigenvalue weighted by Crippen LogP contribution is 2.39. The molecule has 1 heterocycles. The normalized spacial score (nSPS) is 18.1. The van der Waals surface area contributed by atoms with Crippen molar-refractivity contribution >= 4 is 15.4 Å². The van der Waals surface area contributed by atoms with E-state index in [1.807, 2.05) is 0 Å². The Morgan fingerprint density at radius 3 is 2.50 bits per heavy atom. The number of benzene rings is 1. The lowest BCUT2D eigenvalue weighted by Gasteiger charge is -2.20. The van der Waals surface area contributed by atoms with Crippen LogP contribution in [0.25, 0.3) is 5.57 Å². The van der Waals surface area contributed by atoms with Gasteiger partial charge in [0.25, 0.3) is 0 Å². The van der Waals surface area contributed by atoms with Crippen LogP contribution in [0.5, 0.6) is 5.75 Å². The number of aromatic hydroxyl groups is 1. The Morgan fingerprint density at radius 2 is 1.94 bits per heavy atom. The summed E-state index contributed by atoms with van der Waals surface area (Å²) in [5.74, 6) is -0.0631. The first-order valence-corrected chi connectivity index (χ1v) is 6.36. The van der Waals surface area contributed by atoms with E-state index in [9.17, 15) is 13.5 Å². The van der Waals surface area contributed by atoms with E-state index in [1.165, 1.54) is 17.5 Å². The summed E-state index contributed by atoms with van der Waals surface area (Å²) in [5, 5.41) is 10.5. The van der Waals surface area contributed by atoms with E-state index in [-0.39, 0.29) is 10.6 Å². The van der Waals surface area contributed by atoms with E-state index >= 15 is 0 Å². The lowest BCUT2D eigenvalue weighted by atomic mass is 9.91. The molecular weight excluding hydrogens is 226 g/mol. The molecule has 16 heavy (non-hydrogen) atoms. The Kier molecular flexibility index (Phi) is 2.15. The fourth-order valence-electron chi connectivity index (χ4n) is 1.75. The van der Waals surface area contributed by atoms with Gasteiger partial charge < -0.3 is 10.8 Å². The molecule has 0 fully saturated rings. The predicted molar refractivity (Wildman–Crippen MR) is 61.5 cm³/mol. The number of sulfone groups is 1. The maximum atomic E-state index is 11.8. The van der Waals surface area contributed by atoms with Gasteiger partial charge in [-0.2, -0.15) is 0 Å². The fraction of sp³-hybridized carbons (Fsp3) is 0.273. The molecular formula is C11H13NO3S. The molecule has 0 saturated carbocycles. The van der Waals surface area contributed by atoms with Crippen molar-refractivity contribution in [3.8, 4) is 5.75 Å². The molecule has 1 aliphatic rings. The summed E-state index contributed by atoms with van der Waals surface area (Å²) in [6.07, 6.45) is 0. The van der Waals surface area contributed by atoms with Gasteiger partial charge in [-0.3, -0.25) is 0 Å². The largest absolute Gasteiger partial charge is 0.508 e. The Hall–Kier alpha value is -1.33. The van der Waals surface area contributed by atoms with Crippen LogP contribution >= 0.6 is 0 Å². The van der Waals surface area contributed by atoms with Crippen molar-refractivity contribution in [2.45, 2.75) is 24.3 Å². The first kappa shape index (κ1) is 11.2. The van der Waals surface area contributed by atoms with Crippen molar-refractivity contribution in [3.63, 3.8) is 0 Å². The van der Waals surface area contributed by atoms with Gasteiger partial charge in [-0.15, -0.1) is 0 Å². The van der Waals surface area contributed by atoms with Crippen molar-refractivity contribution in [2.75, 3.05) is 0 Å². The molecule has 0 atom stereocenters. The molecule has 0 amide bonds. The second-order valence-corrected chi connectivity index (χ2v) is 6.24. The number of hydrogen-bond donors (Lipinski definition) is 2. The van der Waals surface area contributed by atoms with Crippen LogP contribution in [0.1, 0.15) is 19.4 Å². The molecule has 0 saturated heterocycles. The molecule has 1 aliphatic heterocycles. The van der Waals surface area contributed by atoms with Crippen LogP contribution in [-0.4, -0.2) is 19.1 Å². The SMILES string of the molecule is CC(C)(N)C1=CS(=O)(=O)c2cc(O)ccc21. The molecule has 1 aromatic carbocycles. The highest BCUT2D eigenvalue weighted by atomic mass is 32.2. The van der Waals surface area contributed by atoms with E-state index in [1.54, 1.807) is 19.9 Å². The second-order valence-electron chi connectivity index (χ2n) is 4.48. The van der Waals surface area contributed by atoms with Gasteiger partial charge in [-0.05, 0) is 43.2 Å². The number of fused-ring (bicyclic) bond motifs is 1. The first-order chi connectivity index (χ1) is 7.22. The van der Waals surface area contributed by atoms with Crippen molar-refractivity contribution in [3.05, 3.63) is 29.2 Å². The third kappa shape index (κ3) is 1.62. The minimum atomic E-state index is -3.46. The molecule has 0 aromatic heterocycles. The first-order valence-electron chi connectivity index (χ1n) is 4.81. The Bertz CT molecular complexity index is 580. The minimum absolute atomic E-state index is 0.0631. The van der Waals surface area contributed by atoms with E-state index < -0.39 is 15.4 Å². The quantitative estimate of drug-likeness (QED) is 0.773. The molecule has 2 rings (SSSR count). The molecule has 3 N–H and O–H groups in total. The lowest BCUT2D eigenvalue weighted by Crippen LogP contribution is -2.32. The summed E-state index contributed by atoms with van der Waals surface area (Å²) < 4.78 is 23.6. The number of hydrogen-bond acceptors (Lipinski definition) is 4. The smallest absolute Gasteiger partial charge is 0.200 e. The fourth-order valence-corrected chi connectivity index (χ4v) is 3.39. The predicted octanol–water partition coefficient (Wildman–Crippen LogP) is 1.26. The zero-order valence-electron chi connectivity index (χ0n) is 9.06. The van der Waals surface area contributed by atoms with Crippen molar-refractivity contribution in [1.29, 1.82) is 0 Å². The highest BCUT2D eigenvalue weighted by Gasteiger charge is 2.33. The molecule has 86 valence electrons. The van der Waals surface area contributed by atoms with Gasteiger partial charge >= 0.3 is 0 Å². The molecule has 0 unspecified atom stereocenters. The molecule has 0 radical (unpaired) electrons. The summed E-state index contributed by atoms with van der Waals surface area (Å²) in [4.78, 5) is 0.126. The van der Waals surface area contributed by atoms with Gasteiger partial charge in [-0.1, -0.05) is 0 Å². The van der Waals surface area contributed by atoms with Crippen LogP contribution in [0.3, 0.4) is 0 Å². The molecule has 0 spiro atoms. The zero-order chi connectivity index (χ0) is 12.1. The third-order valence-corrected chi connectivity index (χ3v) is 4.03.